The maximum atomic E-state index is 13.1. The van der Waals surface area contributed by atoms with Crippen LogP contribution in [0.15, 0.2) is 23.1 Å². The number of benzene rings is 1. The number of hydrogen-bond acceptors (Lipinski definition) is 5. The third kappa shape index (κ3) is 3.48. The van der Waals surface area contributed by atoms with Gasteiger partial charge < -0.3 is 9.64 Å². The Morgan fingerprint density at radius 3 is 2.57 bits per heavy atom. The SMILES string of the molecule is CCN(CC)S(=O)(=O)c1ccc2c(c1)CCN2C(=O)C1CCCN1C(=O)OC. The van der Waals surface area contributed by atoms with Crippen molar-refractivity contribution in [2.24, 2.45) is 0 Å². The van der Waals surface area contributed by atoms with Crippen molar-refractivity contribution in [3.63, 3.8) is 0 Å². The lowest BCUT2D eigenvalue weighted by Gasteiger charge is -2.27. The summed E-state index contributed by atoms with van der Waals surface area (Å²) >= 11 is 0. The number of nitrogens with zero attached hydrogens (tertiary/aromatic N) is 3. The average Bonchev–Trinajstić information content (AvgIpc) is 3.34. The molecule has 1 aromatic carbocycles. The molecular formula is C19H27N3O5S. The molecule has 1 atom stereocenters. The fraction of sp³-hybridized carbons (Fsp3) is 0.579. The first-order valence-electron chi connectivity index (χ1n) is 9.64. The van der Waals surface area contributed by atoms with Gasteiger partial charge in [0.2, 0.25) is 15.9 Å². The fourth-order valence-electron chi connectivity index (χ4n) is 4.02. The molecule has 3 rings (SSSR count). The number of likely N-dealkylation sites (tertiary alicyclic amines) is 1. The Morgan fingerprint density at radius 2 is 1.93 bits per heavy atom. The minimum atomic E-state index is -3.54. The zero-order valence-electron chi connectivity index (χ0n) is 16.6. The van der Waals surface area contributed by atoms with E-state index in [1.807, 2.05) is 13.8 Å². The highest BCUT2D eigenvalue weighted by atomic mass is 32.2. The monoisotopic (exact) mass is 409 g/mol. The van der Waals surface area contributed by atoms with E-state index in [-0.39, 0.29) is 10.8 Å². The minimum Gasteiger partial charge on any atom is -0.453 e. The van der Waals surface area contributed by atoms with E-state index in [2.05, 4.69) is 0 Å². The lowest BCUT2D eigenvalue weighted by molar-refractivity contribution is -0.122. The zero-order valence-corrected chi connectivity index (χ0v) is 17.4. The van der Waals surface area contributed by atoms with Gasteiger partial charge in [0.1, 0.15) is 6.04 Å². The summed E-state index contributed by atoms with van der Waals surface area (Å²) in [6.07, 6.45) is 1.46. The van der Waals surface area contributed by atoms with Gasteiger partial charge in [-0.2, -0.15) is 4.31 Å². The number of amides is 2. The van der Waals surface area contributed by atoms with Gasteiger partial charge in [-0.15, -0.1) is 0 Å². The van der Waals surface area contributed by atoms with E-state index in [9.17, 15) is 18.0 Å². The summed E-state index contributed by atoms with van der Waals surface area (Å²) in [6.45, 7) is 5.42. The number of methoxy groups -OCH3 is 1. The molecule has 0 aliphatic carbocycles. The van der Waals surface area contributed by atoms with Crippen LogP contribution in [0.1, 0.15) is 32.3 Å². The highest BCUT2D eigenvalue weighted by Gasteiger charge is 2.39. The molecule has 28 heavy (non-hydrogen) atoms. The van der Waals surface area contributed by atoms with Crippen LogP contribution < -0.4 is 4.90 Å². The third-order valence-electron chi connectivity index (χ3n) is 5.50. The van der Waals surface area contributed by atoms with Crippen molar-refractivity contribution < 1.29 is 22.7 Å². The van der Waals surface area contributed by atoms with Crippen molar-refractivity contribution >= 4 is 27.7 Å². The molecule has 1 unspecified atom stereocenters. The van der Waals surface area contributed by atoms with Crippen molar-refractivity contribution in [1.82, 2.24) is 9.21 Å². The van der Waals surface area contributed by atoms with Gasteiger partial charge in [0, 0.05) is 31.9 Å². The first-order chi connectivity index (χ1) is 13.3. The third-order valence-corrected chi connectivity index (χ3v) is 7.55. The molecule has 2 aliphatic heterocycles. The van der Waals surface area contributed by atoms with E-state index in [0.29, 0.717) is 39.0 Å². The molecule has 0 N–H and O–H groups in total. The van der Waals surface area contributed by atoms with Crippen molar-refractivity contribution in [2.45, 2.75) is 44.0 Å². The van der Waals surface area contributed by atoms with Gasteiger partial charge in [0.15, 0.2) is 0 Å². The Labute approximate surface area is 166 Å². The van der Waals surface area contributed by atoms with Crippen LogP contribution in [0.4, 0.5) is 10.5 Å². The first-order valence-corrected chi connectivity index (χ1v) is 11.1. The van der Waals surface area contributed by atoms with Gasteiger partial charge in [-0.05, 0) is 43.0 Å². The largest absolute Gasteiger partial charge is 0.453 e. The Morgan fingerprint density at radius 1 is 1.21 bits per heavy atom. The Hall–Kier alpha value is -2.13. The molecule has 0 spiro atoms. The van der Waals surface area contributed by atoms with Crippen molar-refractivity contribution in [1.29, 1.82) is 0 Å². The summed E-state index contributed by atoms with van der Waals surface area (Å²) in [7, 11) is -2.23. The number of sulfonamides is 1. The second-order valence-corrected chi connectivity index (χ2v) is 8.88. The molecule has 0 radical (unpaired) electrons. The normalized spacial score (nSPS) is 19.2. The van der Waals surface area contributed by atoms with Crippen LogP contribution in [0.2, 0.25) is 0 Å². The highest BCUT2D eigenvalue weighted by molar-refractivity contribution is 7.89. The standard InChI is InChI=1S/C19H27N3O5S/c1-4-20(5-2)28(25,26)15-8-9-16-14(13-15)10-12-21(16)18(23)17-7-6-11-22(17)19(24)27-3/h8-9,13,17H,4-7,10-12H2,1-3H3. The summed E-state index contributed by atoms with van der Waals surface area (Å²) < 4.78 is 31.7. The summed E-state index contributed by atoms with van der Waals surface area (Å²) in [5, 5.41) is 0. The van der Waals surface area contributed by atoms with E-state index in [1.54, 1.807) is 23.1 Å². The molecule has 2 heterocycles. The predicted octanol–water partition coefficient (Wildman–Crippen LogP) is 1.84. The molecule has 9 heteroatoms. The molecule has 1 aromatic rings. The second kappa shape index (κ2) is 8.08. The summed E-state index contributed by atoms with van der Waals surface area (Å²) in [4.78, 5) is 28.4. The average molecular weight is 410 g/mol. The molecular weight excluding hydrogens is 382 g/mol. The summed E-state index contributed by atoms with van der Waals surface area (Å²) in [5.74, 6) is -0.138. The van der Waals surface area contributed by atoms with Crippen LogP contribution >= 0.6 is 0 Å². The zero-order chi connectivity index (χ0) is 20.5. The maximum Gasteiger partial charge on any atom is 0.410 e. The fourth-order valence-corrected chi connectivity index (χ4v) is 5.53. The smallest absolute Gasteiger partial charge is 0.410 e. The van der Waals surface area contributed by atoms with Crippen LogP contribution in [0.5, 0.6) is 0 Å². The second-order valence-electron chi connectivity index (χ2n) is 6.94. The van der Waals surface area contributed by atoms with E-state index in [0.717, 1.165) is 17.7 Å². The van der Waals surface area contributed by atoms with Crippen LogP contribution in [0.3, 0.4) is 0 Å². The maximum absolute atomic E-state index is 13.1. The number of rotatable bonds is 5. The van der Waals surface area contributed by atoms with Gasteiger partial charge in [-0.25, -0.2) is 13.2 Å². The Bertz CT molecular complexity index is 866. The van der Waals surface area contributed by atoms with Crippen LogP contribution in [-0.4, -0.2) is 69.0 Å². The van der Waals surface area contributed by atoms with E-state index >= 15 is 0 Å². The minimum absolute atomic E-state index is 0.138. The first kappa shape index (κ1) is 20.6. The van der Waals surface area contributed by atoms with Gasteiger partial charge in [-0.3, -0.25) is 9.69 Å². The van der Waals surface area contributed by atoms with Crippen molar-refractivity contribution in [3.8, 4) is 0 Å². The predicted molar refractivity (Wildman–Crippen MR) is 105 cm³/mol. The van der Waals surface area contributed by atoms with Gasteiger partial charge in [0.25, 0.3) is 0 Å². The Balaban J connectivity index is 1.85. The molecule has 2 aliphatic rings. The summed E-state index contributed by atoms with van der Waals surface area (Å²) in [6, 6.07) is 4.40. The lowest BCUT2D eigenvalue weighted by atomic mass is 10.1. The van der Waals surface area contributed by atoms with Gasteiger partial charge in [0.05, 0.1) is 12.0 Å². The Kier molecular flexibility index (Phi) is 5.95. The van der Waals surface area contributed by atoms with Crippen molar-refractivity contribution in [3.05, 3.63) is 23.8 Å². The number of hydrogen-bond donors (Lipinski definition) is 0. The van der Waals surface area contributed by atoms with Gasteiger partial charge in [-0.1, -0.05) is 13.8 Å². The number of carbonyl (C=O) groups excluding carboxylic acids is 2. The van der Waals surface area contributed by atoms with Crippen LogP contribution in [0, 0.1) is 0 Å². The molecule has 0 aromatic heterocycles. The van der Waals surface area contributed by atoms with Crippen molar-refractivity contribution in [2.75, 3.05) is 38.2 Å². The molecule has 1 saturated heterocycles. The number of anilines is 1. The van der Waals surface area contributed by atoms with E-state index < -0.39 is 22.2 Å². The molecule has 0 saturated carbocycles. The molecule has 0 bridgehead atoms. The molecule has 154 valence electrons. The van der Waals surface area contributed by atoms with Gasteiger partial charge >= 0.3 is 6.09 Å². The molecule has 2 amide bonds. The van der Waals surface area contributed by atoms with E-state index in [1.165, 1.54) is 16.3 Å². The molecule has 1 fully saturated rings. The van der Waals surface area contributed by atoms with E-state index in [4.69, 9.17) is 4.74 Å². The number of carbonyl (C=O) groups is 2. The molecule has 8 nitrogen and oxygen atoms in total. The topological polar surface area (TPSA) is 87.2 Å². The van der Waals surface area contributed by atoms with Crippen LogP contribution in [0.25, 0.3) is 0 Å². The highest BCUT2D eigenvalue weighted by Crippen LogP contribution is 2.33. The number of fused-ring (bicyclic) bond motifs is 1. The lowest BCUT2D eigenvalue weighted by Crippen LogP contribution is -2.47. The quantitative estimate of drug-likeness (QED) is 0.741. The number of ether oxygens (including phenoxy) is 1. The van der Waals surface area contributed by atoms with Crippen LogP contribution in [-0.2, 0) is 26.0 Å². The summed E-state index contributed by atoms with van der Waals surface area (Å²) in [5.41, 5.74) is 1.56.